The molecule has 2 rings (SSSR count). The van der Waals surface area contributed by atoms with Crippen LogP contribution in [0.3, 0.4) is 0 Å². The topological polar surface area (TPSA) is 26.0 Å². The molecular weight excluding hydrogens is 185 g/mol. The summed E-state index contributed by atoms with van der Waals surface area (Å²) < 4.78 is 13.9. The first kappa shape index (κ1) is 8.66. The van der Waals surface area contributed by atoms with Gasteiger partial charge in [-0.15, -0.1) is 11.3 Å². The Labute approximate surface area is 80.0 Å². The van der Waals surface area contributed by atoms with Gasteiger partial charge in [0.25, 0.3) is 0 Å². The minimum Gasteiger partial charge on any atom is -0.330 e. The molecule has 2 N–H and O–H groups in total. The Bertz CT molecular complexity index is 422. The van der Waals surface area contributed by atoms with Crippen molar-refractivity contribution in [2.45, 2.75) is 6.42 Å². The zero-order valence-electron chi connectivity index (χ0n) is 7.09. The molecule has 0 aliphatic carbocycles. The molecular formula is C10H10FNS. The molecule has 2 aromatic rings. The normalized spacial score (nSPS) is 10.9. The zero-order valence-corrected chi connectivity index (χ0v) is 7.90. The fourth-order valence-electron chi connectivity index (χ4n) is 1.33. The largest absolute Gasteiger partial charge is 0.330 e. The highest BCUT2D eigenvalue weighted by Gasteiger charge is 2.01. The molecule has 0 aliphatic heterocycles. The standard InChI is InChI=1S/C10H10FNS/c11-8-1-2-10-7(5-8)6-9(13-10)3-4-12/h1-2,5-6H,3-4,12H2. The lowest BCUT2D eigenvalue weighted by molar-refractivity contribution is 0.630. The van der Waals surface area contributed by atoms with Gasteiger partial charge in [-0.2, -0.15) is 0 Å². The molecule has 1 aromatic heterocycles. The Balaban J connectivity index is 2.49. The van der Waals surface area contributed by atoms with Crippen molar-refractivity contribution in [1.29, 1.82) is 0 Å². The predicted octanol–water partition coefficient (Wildman–Crippen LogP) is 2.54. The molecule has 13 heavy (non-hydrogen) atoms. The Morgan fingerprint density at radius 2 is 2.15 bits per heavy atom. The van der Waals surface area contributed by atoms with Crippen molar-refractivity contribution in [2.24, 2.45) is 5.73 Å². The van der Waals surface area contributed by atoms with E-state index in [-0.39, 0.29) is 5.82 Å². The number of benzene rings is 1. The van der Waals surface area contributed by atoms with E-state index < -0.39 is 0 Å². The van der Waals surface area contributed by atoms with Gasteiger partial charge in [-0.3, -0.25) is 0 Å². The Kier molecular flexibility index (Phi) is 2.29. The number of thiophene rings is 1. The van der Waals surface area contributed by atoms with Gasteiger partial charge in [0, 0.05) is 9.58 Å². The van der Waals surface area contributed by atoms with Crippen LogP contribution in [0.4, 0.5) is 4.39 Å². The van der Waals surface area contributed by atoms with Gasteiger partial charge in [-0.1, -0.05) is 0 Å². The quantitative estimate of drug-likeness (QED) is 0.783. The van der Waals surface area contributed by atoms with Crippen molar-refractivity contribution in [3.8, 4) is 0 Å². The summed E-state index contributed by atoms with van der Waals surface area (Å²) in [5, 5.41) is 0.980. The maximum absolute atomic E-state index is 12.8. The molecule has 0 unspecified atom stereocenters. The molecule has 0 amide bonds. The van der Waals surface area contributed by atoms with Crippen LogP contribution in [-0.2, 0) is 6.42 Å². The Hall–Kier alpha value is -0.930. The van der Waals surface area contributed by atoms with Crippen LogP contribution in [0.2, 0.25) is 0 Å². The van der Waals surface area contributed by atoms with Crippen LogP contribution in [0.1, 0.15) is 4.88 Å². The fourth-order valence-corrected chi connectivity index (χ4v) is 2.39. The molecule has 0 radical (unpaired) electrons. The molecule has 0 saturated carbocycles. The van der Waals surface area contributed by atoms with Crippen molar-refractivity contribution in [3.05, 3.63) is 35.0 Å². The molecule has 68 valence electrons. The SMILES string of the molecule is NCCc1cc2cc(F)ccc2s1. The third-order valence-corrected chi connectivity index (χ3v) is 3.10. The monoisotopic (exact) mass is 195 g/mol. The van der Waals surface area contributed by atoms with Crippen molar-refractivity contribution in [1.82, 2.24) is 0 Å². The average Bonchev–Trinajstić information content (AvgIpc) is 2.46. The fraction of sp³-hybridized carbons (Fsp3) is 0.200. The van der Waals surface area contributed by atoms with Crippen LogP contribution in [0, 0.1) is 5.82 Å². The van der Waals surface area contributed by atoms with Gasteiger partial charge < -0.3 is 5.73 Å². The molecule has 0 fully saturated rings. The van der Waals surface area contributed by atoms with E-state index in [1.165, 1.54) is 10.9 Å². The van der Waals surface area contributed by atoms with E-state index in [9.17, 15) is 4.39 Å². The van der Waals surface area contributed by atoms with Crippen LogP contribution in [0.25, 0.3) is 10.1 Å². The number of rotatable bonds is 2. The predicted molar refractivity (Wildman–Crippen MR) is 54.5 cm³/mol. The maximum atomic E-state index is 12.8. The summed E-state index contributed by atoms with van der Waals surface area (Å²) in [5.74, 6) is -0.176. The van der Waals surface area contributed by atoms with Crippen molar-refractivity contribution < 1.29 is 4.39 Å². The first-order valence-electron chi connectivity index (χ1n) is 4.17. The minimum atomic E-state index is -0.176. The molecule has 0 saturated heterocycles. The van der Waals surface area contributed by atoms with Gasteiger partial charge in [-0.25, -0.2) is 4.39 Å². The number of hydrogen-bond donors (Lipinski definition) is 1. The van der Waals surface area contributed by atoms with E-state index >= 15 is 0 Å². The number of halogens is 1. The van der Waals surface area contributed by atoms with Crippen LogP contribution in [0.5, 0.6) is 0 Å². The van der Waals surface area contributed by atoms with Gasteiger partial charge in [0.1, 0.15) is 5.82 Å². The molecule has 1 aromatic carbocycles. The molecule has 0 aliphatic rings. The first-order chi connectivity index (χ1) is 6.29. The van der Waals surface area contributed by atoms with Crippen LogP contribution in [-0.4, -0.2) is 6.54 Å². The van der Waals surface area contributed by atoms with Gasteiger partial charge in [-0.05, 0) is 42.6 Å². The summed E-state index contributed by atoms with van der Waals surface area (Å²) in [5.41, 5.74) is 5.44. The third kappa shape index (κ3) is 1.71. The highest BCUT2D eigenvalue weighted by atomic mass is 32.1. The van der Waals surface area contributed by atoms with E-state index in [0.717, 1.165) is 16.5 Å². The van der Waals surface area contributed by atoms with Gasteiger partial charge in [0.2, 0.25) is 0 Å². The second kappa shape index (κ2) is 3.44. The Morgan fingerprint density at radius 1 is 1.31 bits per heavy atom. The van der Waals surface area contributed by atoms with Crippen LogP contribution >= 0.6 is 11.3 Å². The number of hydrogen-bond acceptors (Lipinski definition) is 2. The number of fused-ring (bicyclic) bond motifs is 1. The summed E-state index contributed by atoms with van der Waals surface area (Å²) in [6.07, 6.45) is 0.876. The second-order valence-corrected chi connectivity index (χ2v) is 4.10. The van der Waals surface area contributed by atoms with E-state index in [0.29, 0.717) is 6.54 Å². The Morgan fingerprint density at radius 3 is 2.92 bits per heavy atom. The highest BCUT2D eigenvalue weighted by molar-refractivity contribution is 7.19. The summed E-state index contributed by atoms with van der Waals surface area (Å²) in [7, 11) is 0. The lowest BCUT2D eigenvalue weighted by Crippen LogP contribution is -2.00. The van der Waals surface area contributed by atoms with Crippen LogP contribution in [0.15, 0.2) is 24.3 Å². The smallest absolute Gasteiger partial charge is 0.123 e. The summed E-state index contributed by atoms with van der Waals surface area (Å²) >= 11 is 1.68. The zero-order chi connectivity index (χ0) is 9.26. The molecule has 0 spiro atoms. The van der Waals surface area contributed by atoms with Crippen molar-refractivity contribution >= 4 is 21.4 Å². The van der Waals surface area contributed by atoms with Gasteiger partial charge in [0.05, 0.1) is 0 Å². The van der Waals surface area contributed by atoms with Crippen LogP contribution < -0.4 is 5.73 Å². The summed E-state index contributed by atoms with van der Waals surface area (Å²) in [6.45, 7) is 0.648. The van der Waals surface area contributed by atoms with Crippen molar-refractivity contribution in [2.75, 3.05) is 6.54 Å². The van der Waals surface area contributed by atoms with Gasteiger partial charge in [0.15, 0.2) is 0 Å². The molecule has 0 atom stereocenters. The maximum Gasteiger partial charge on any atom is 0.123 e. The summed E-state index contributed by atoms with van der Waals surface area (Å²) in [6, 6.07) is 6.88. The third-order valence-electron chi connectivity index (χ3n) is 1.92. The lowest BCUT2D eigenvalue weighted by atomic mass is 10.2. The highest BCUT2D eigenvalue weighted by Crippen LogP contribution is 2.26. The molecule has 3 heteroatoms. The second-order valence-electron chi connectivity index (χ2n) is 2.93. The van der Waals surface area contributed by atoms with E-state index in [4.69, 9.17) is 5.73 Å². The number of nitrogens with two attached hydrogens (primary N) is 1. The van der Waals surface area contributed by atoms with E-state index in [1.54, 1.807) is 17.4 Å². The minimum absolute atomic E-state index is 0.176. The average molecular weight is 195 g/mol. The molecule has 0 bridgehead atoms. The van der Waals surface area contributed by atoms with Crippen molar-refractivity contribution in [3.63, 3.8) is 0 Å². The molecule has 1 heterocycles. The van der Waals surface area contributed by atoms with E-state index in [2.05, 4.69) is 0 Å². The molecule has 1 nitrogen and oxygen atoms in total. The summed E-state index contributed by atoms with van der Waals surface area (Å²) in [4.78, 5) is 1.23. The van der Waals surface area contributed by atoms with E-state index in [1.807, 2.05) is 12.1 Å². The lowest BCUT2D eigenvalue weighted by Gasteiger charge is -1.86. The first-order valence-corrected chi connectivity index (χ1v) is 4.99. The van der Waals surface area contributed by atoms with Gasteiger partial charge >= 0.3 is 0 Å².